The Morgan fingerprint density at radius 3 is 2.31 bits per heavy atom. The Morgan fingerprint density at radius 1 is 0.917 bits per heavy atom. The highest BCUT2D eigenvalue weighted by atomic mass is 32.1. The summed E-state index contributed by atoms with van der Waals surface area (Å²) >= 11 is 1.19. The van der Waals surface area contributed by atoms with Crippen molar-refractivity contribution in [3.8, 4) is 27.6 Å². The second-order valence-corrected chi connectivity index (χ2v) is 8.87. The molecule has 2 heterocycles. The number of para-hydroxylation sites is 1. The van der Waals surface area contributed by atoms with E-state index in [0.29, 0.717) is 43.7 Å². The van der Waals surface area contributed by atoms with E-state index < -0.39 is 6.09 Å². The van der Waals surface area contributed by atoms with Crippen molar-refractivity contribution in [2.24, 2.45) is 0 Å². The number of aromatic nitrogens is 3. The summed E-state index contributed by atoms with van der Waals surface area (Å²) in [5.41, 5.74) is 2.71. The molecule has 0 aliphatic rings. The van der Waals surface area contributed by atoms with Gasteiger partial charge in [0.15, 0.2) is 16.7 Å². The monoisotopic (exact) mass is 496 g/mol. The Labute approximate surface area is 209 Å². The highest BCUT2D eigenvalue weighted by molar-refractivity contribution is 7.19. The van der Waals surface area contributed by atoms with Crippen LogP contribution >= 0.6 is 11.3 Å². The number of ether oxygens (including phenoxy) is 1. The number of thiazole rings is 1. The van der Waals surface area contributed by atoms with Crippen molar-refractivity contribution in [3.05, 3.63) is 94.8 Å². The first-order valence-electron chi connectivity index (χ1n) is 11.0. The number of fused-ring (bicyclic) bond motifs is 1. The number of carbonyl (C=O) groups is 2. The molecular formula is C27H20N4O4S. The van der Waals surface area contributed by atoms with E-state index in [0.717, 1.165) is 5.56 Å². The number of hydrogen-bond donors (Lipinski definition) is 1. The van der Waals surface area contributed by atoms with Gasteiger partial charge in [-0.15, -0.1) is 0 Å². The van der Waals surface area contributed by atoms with Crippen LogP contribution < -0.4 is 10.9 Å². The maximum atomic E-state index is 13.8. The summed E-state index contributed by atoms with van der Waals surface area (Å²) in [7, 11) is 1.27. The van der Waals surface area contributed by atoms with Gasteiger partial charge < -0.3 is 4.74 Å². The molecule has 0 fully saturated rings. The summed E-state index contributed by atoms with van der Waals surface area (Å²) in [6.07, 6.45) is -0.654. The van der Waals surface area contributed by atoms with Crippen molar-refractivity contribution in [3.63, 3.8) is 0 Å². The Morgan fingerprint density at radius 2 is 1.61 bits per heavy atom. The third-order valence-corrected chi connectivity index (χ3v) is 6.55. The molecule has 5 rings (SSSR count). The number of benzene rings is 3. The van der Waals surface area contributed by atoms with Gasteiger partial charge in [0.05, 0.1) is 29.4 Å². The van der Waals surface area contributed by atoms with E-state index >= 15 is 0 Å². The number of amides is 1. The number of hydrogen-bond acceptors (Lipinski definition) is 7. The molecule has 36 heavy (non-hydrogen) atoms. The van der Waals surface area contributed by atoms with Crippen molar-refractivity contribution in [2.75, 3.05) is 12.4 Å². The molecule has 178 valence electrons. The molecule has 0 aliphatic heterocycles. The van der Waals surface area contributed by atoms with Crippen molar-refractivity contribution >= 4 is 39.2 Å². The molecular weight excluding hydrogens is 476 g/mol. The van der Waals surface area contributed by atoms with E-state index in [1.807, 2.05) is 36.4 Å². The maximum absolute atomic E-state index is 13.8. The minimum absolute atomic E-state index is 0.0712. The minimum Gasteiger partial charge on any atom is -0.453 e. The van der Waals surface area contributed by atoms with Crippen LogP contribution in [0.25, 0.3) is 38.5 Å². The fraction of sp³-hybridized carbons (Fsp3) is 0.0741. The molecule has 2 aromatic heterocycles. The standard InChI is InChI=1S/C27H20N4O4S/c1-16(32)17-12-14-19(15-13-17)31-24(28-21-11-7-6-10-20(21)25(31)33)23-22(18-8-4-3-5-9-18)29-26(36-23)30-27(34)35-2/h3-15H,1-2H3,(H,29,30,34). The van der Waals surface area contributed by atoms with E-state index in [9.17, 15) is 14.4 Å². The summed E-state index contributed by atoms with van der Waals surface area (Å²) in [5, 5.41) is 3.37. The SMILES string of the molecule is COC(=O)Nc1nc(-c2ccccc2)c(-c2nc3ccccc3c(=O)n2-c2ccc(C(C)=O)cc2)s1. The molecule has 0 saturated heterocycles. The summed E-state index contributed by atoms with van der Waals surface area (Å²) in [4.78, 5) is 47.6. The molecule has 0 aliphatic carbocycles. The third-order valence-electron chi connectivity index (χ3n) is 5.58. The molecule has 0 spiro atoms. The summed E-state index contributed by atoms with van der Waals surface area (Å²) in [5.74, 6) is 0.293. The average Bonchev–Trinajstić information content (AvgIpc) is 3.32. The van der Waals surface area contributed by atoms with Crippen molar-refractivity contribution < 1.29 is 14.3 Å². The number of anilines is 1. The van der Waals surface area contributed by atoms with Crippen LogP contribution in [0, 0.1) is 0 Å². The topological polar surface area (TPSA) is 103 Å². The summed E-state index contributed by atoms with van der Waals surface area (Å²) in [6.45, 7) is 1.49. The summed E-state index contributed by atoms with van der Waals surface area (Å²) < 4.78 is 6.24. The first kappa shape index (κ1) is 23.1. The largest absolute Gasteiger partial charge is 0.453 e. The number of nitrogens with zero attached hydrogens (tertiary/aromatic N) is 3. The predicted octanol–water partition coefficient (Wildman–Crippen LogP) is 5.56. The summed E-state index contributed by atoms with van der Waals surface area (Å²) in [6, 6.07) is 23.3. The van der Waals surface area contributed by atoms with Gasteiger partial charge in [0.1, 0.15) is 4.88 Å². The molecule has 3 aromatic carbocycles. The van der Waals surface area contributed by atoms with Crippen molar-refractivity contribution in [1.82, 2.24) is 14.5 Å². The quantitative estimate of drug-likeness (QED) is 0.320. The molecule has 9 heteroatoms. The molecule has 5 aromatic rings. The van der Waals surface area contributed by atoms with Gasteiger partial charge in [0, 0.05) is 11.1 Å². The first-order valence-corrected chi connectivity index (χ1v) is 11.8. The van der Waals surface area contributed by atoms with Gasteiger partial charge in [0.2, 0.25) is 0 Å². The first-order chi connectivity index (χ1) is 17.5. The van der Waals surface area contributed by atoms with Gasteiger partial charge in [-0.05, 0) is 43.3 Å². The second kappa shape index (κ2) is 9.55. The van der Waals surface area contributed by atoms with Crippen LogP contribution in [-0.4, -0.2) is 33.5 Å². The van der Waals surface area contributed by atoms with Gasteiger partial charge in [0.25, 0.3) is 5.56 Å². The smallest absolute Gasteiger partial charge is 0.413 e. The van der Waals surface area contributed by atoms with Crippen LogP contribution in [0.1, 0.15) is 17.3 Å². The van der Waals surface area contributed by atoms with Crippen LogP contribution in [0.4, 0.5) is 9.93 Å². The van der Waals surface area contributed by atoms with Crippen LogP contribution in [0.3, 0.4) is 0 Å². The molecule has 1 amide bonds. The molecule has 0 radical (unpaired) electrons. The van der Waals surface area contributed by atoms with Crippen LogP contribution in [0.2, 0.25) is 0 Å². The Bertz CT molecular complexity index is 1660. The van der Waals surface area contributed by atoms with Crippen LogP contribution in [0.15, 0.2) is 83.7 Å². The fourth-order valence-electron chi connectivity index (χ4n) is 3.82. The normalized spacial score (nSPS) is 10.8. The van der Waals surface area contributed by atoms with Gasteiger partial charge in [-0.3, -0.25) is 19.5 Å². The zero-order valence-electron chi connectivity index (χ0n) is 19.4. The molecule has 0 saturated carbocycles. The molecule has 0 bridgehead atoms. The Balaban J connectivity index is 1.81. The van der Waals surface area contributed by atoms with Gasteiger partial charge in [-0.25, -0.2) is 14.8 Å². The number of rotatable bonds is 5. The molecule has 0 unspecified atom stereocenters. The van der Waals surface area contributed by atoms with Gasteiger partial charge >= 0.3 is 6.09 Å². The lowest BCUT2D eigenvalue weighted by atomic mass is 10.1. The minimum atomic E-state index is -0.654. The van der Waals surface area contributed by atoms with E-state index in [1.165, 1.54) is 29.9 Å². The molecule has 1 N–H and O–H groups in total. The highest BCUT2D eigenvalue weighted by Gasteiger charge is 2.23. The van der Waals surface area contributed by atoms with E-state index in [2.05, 4.69) is 10.3 Å². The number of Topliss-reactive ketones (excluding diaryl/α,β-unsaturated/α-hetero) is 1. The van der Waals surface area contributed by atoms with Gasteiger partial charge in [-0.2, -0.15) is 0 Å². The van der Waals surface area contributed by atoms with Crippen LogP contribution in [0.5, 0.6) is 0 Å². The predicted molar refractivity (Wildman–Crippen MR) is 140 cm³/mol. The lowest BCUT2D eigenvalue weighted by Gasteiger charge is -2.14. The lowest BCUT2D eigenvalue weighted by molar-refractivity contribution is 0.101. The Kier molecular flexibility index (Phi) is 6.14. The Hall–Kier alpha value is -4.63. The maximum Gasteiger partial charge on any atom is 0.413 e. The van der Waals surface area contributed by atoms with Crippen LogP contribution in [-0.2, 0) is 4.74 Å². The van der Waals surface area contributed by atoms with Crippen molar-refractivity contribution in [1.29, 1.82) is 0 Å². The second-order valence-electron chi connectivity index (χ2n) is 7.88. The lowest BCUT2D eigenvalue weighted by Crippen LogP contribution is -2.22. The van der Waals surface area contributed by atoms with Gasteiger partial charge in [-0.1, -0.05) is 53.8 Å². The molecule has 0 atom stereocenters. The van der Waals surface area contributed by atoms with E-state index in [-0.39, 0.29) is 11.3 Å². The van der Waals surface area contributed by atoms with Crippen molar-refractivity contribution in [2.45, 2.75) is 6.92 Å². The number of ketones is 1. The zero-order chi connectivity index (χ0) is 25.2. The third kappa shape index (κ3) is 4.27. The molecule has 8 nitrogen and oxygen atoms in total. The average molecular weight is 497 g/mol. The zero-order valence-corrected chi connectivity index (χ0v) is 20.2. The number of methoxy groups -OCH3 is 1. The van der Waals surface area contributed by atoms with E-state index in [4.69, 9.17) is 9.72 Å². The number of nitrogens with one attached hydrogen (secondary N) is 1. The number of carbonyl (C=O) groups excluding carboxylic acids is 2. The highest BCUT2D eigenvalue weighted by Crippen LogP contribution is 2.39. The fourth-order valence-corrected chi connectivity index (χ4v) is 4.78. The van der Waals surface area contributed by atoms with E-state index in [1.54, 1.807) is 42.5 Å².